The fourth-order valence-electron chi connectivity index (χ4n) is 2.56. The SMILES string of the molecule is COc1ccc(OC)c(C2(O)CCC(N)CC2)c1. The van der Waals surface area contributed by atoms with Gasteiger partial charge in [-0.25, -0.2) is 0 Å². The second-order valence-electron chi connectivity index (χ2n) is 4.94. The molecule has 2 rings (SSSR count). The van der Waals surface area contributed by atoms with E-state index in [1.54, 1.807) is 14.2 Å². The van der Waals surface area contributed by atoms with Crippen LogP contribution in [0.2, 0.25) is 0 Å². The highest BCUT2D eigenvalue weighted by Crippen LogP contribution is 2.42. The Hall–Kier alpha value is -1.26. The van der Waals surface area contributed by atoms with Gasteiger partial charge in [-0.2, -0.15) is 0 Å². The van der Waals surface area contributed by atoms with Crippen molar-refractivity contribution in [2.24, 2.45) is 5.73 Å². The smallest absolute Gasteiger partial charge is 0.125 e. The zero-order valence-electron chi connectivity index (χ0n) is 11.0. The Labute approximate surface area is 108 Å². The second kappa shape index (κ2) is 5.16. The summed E-state index contributed by atoms with van der Waals surface area (Å²) in [5, 5.41) is 10.8. The molecule has 18 heavy (non-hydrogen) atoms. The predicted octanol–water partition coefficient (Wildman–Crippen LogP) is 1.79. The topological polar surface area (TPSA) is 64.7 Å². The van der Waals surface area contributed by atoms with Crippen molar-refractivity contribution >= 4 is 0 Å². The number of hydrogen-bond donors (Lipinski definition) is 2. The van der Waals surface area contributed by atoms with Gasteiger partial charge >= 0.3 is 0 Å². The first-order valence-corrected chi connectivity index (χ1v) is 6.29. The van der Waals surface area contributed by atoms with Gasteiger partial charge in [-0.05, 0) is 43.9 Å². The van der Waals surface area contributed by atoms with Crippen molar-refractivity contribution in [1.29, 1.82) is 0 Å². The van der Waals surface area contributed by atoms with E-state index in [1.165, 1.54) is 0 Å². The largest absolute Gasteiger partial charge is 0.497 e. The van der Waals surface area contributed by atoms with Crippen molar-refractivity contribution in [2.45, 2.75) is 37.3 Å². The summed E-state index contributed by atoms with van der Waals surface area (Å²) >= 11 is 0. The Morgan fingerprint density at radius 3 is 2.44 bits per heavy atom. The molecule has 1 aliphatic rings. The van der Waals surface area contributed by atoms with E-state index in [-0.39, 0.29) is 6.04 Å². The zero-order valence-corrected chi connectivity index (χ0v) is 11.0. The van der Waals surface area contributed by atoms with Crippen molar-refractivity contribution in [2.75, 3.05) is 14.2 Å². The van der Waals surface area contributed by atoms with Gasteiger partial charge in [-0.3, -0.25) is 0 Å². The maximum Gasteiger partial charge on any atom is 0.125 e. The predicted molar refractivity (Wildman–Crippen MR) is 69.9 cm³/mol. The minimum absolute atomic E-state index is 0.196. The Morgan fingerprint density at radius 2 is 1.89 bits per heavy atom. The molecule has 0 heterocycles. The molecule has 0 bridgehead atoms. The standard InChI is InChI=1S/C14H21NO3/c1-17-11-3-4-13(18-2)12(9-11)14(16)7-5-10(15)6-8-14/h3-4,9-10,16H,5-8,15H2,1-2H3. The molecule has 0 spiro atoms. The van der Waals surface area contributed by atoms with Gasteiger partial charge < -0.3 is 20.3 Å². The third-order valence-corrected chi connectivity index (χ3v) is 3.77. The van der Waals surface area contributed by atoms with Crippen LogP contribution < -0.4 is 15.2 Å². The van der Waals surface area contributed by atoms with Crippen molar-refractivity contribution in [3.8, 4) is 11.5 Å². The van der Waals surface area contributed by atoms with Gasteiger partial charge in [0.05, 0.1) is 19.8 Å². The molecule has 0 atom stereocenters. The summed E-state index contributed by atoms with van der Waals surface area (Å²) in [5.74, 6) is 1.43. The maximum atomic E-state index is 10.8. The van der Waals surface area contributed by atoms with Crippen LogP contribution in [0.1, 0.15) is 31.2 Å². The van der Waals surface area contributed by atoms with Gasteiger partial charge in [0.25, 0.3) is 0 Å². The fraction of sp³-hybridized carbons (Fsp3) is 0.571. The minimum atomic E-state index is -0.851. The van der Waals surface area contributed by atoms with Gasteiger partial charge in [-0.1, -0.05) is 0 Å². The molecule has 0 aromatic heterocycles. The number of ether oxygens (including phenoxy) is 2. The number of aliphatic hydroxyl groups is 1. The number of rotatable bonds is 3. The number of nitrogens with two attached hydrogens (primary N) is 1. The highest BCUT2D eigenvalue weighted by Gasteiger charge is 2.36. The van der Waals surface area contributed by atoms with E-state index in [9.17, 15) is 5.11 Å². The Bertz CT molecular complexity index is 412. The third kappa shape index (κ3) is 2.44. The molecule has 0 radical (unpaired) electrons. The van der Waals surface area contributed by atoms with Crippen LogP contribution in [-0.2, 0) is 5.60 Å². The lowest BCUT2D eigenvalue weighted by Gasteiger charge is -2.36. The van der Waals surface area contributed by atoms with Crippen LogP contribution in [0.4, 0.5) is 0 Å². The first-order valence-electron chi connectivity index (χ1n) is 6.29. The number of benzene rings is 1. The normalized spacial score (nSPS) is 27.9. The van der Waals surface area contributed by atoms with Crippen LogP contribution in [0.15, 0.2) is 18.2 Å². The number of methoxy groups -OCH3 is 2. The molecule has 1 saturated carbocycles. The Morgan fingerprint density at radius 1 is 1.22 bits per heavy atom. The molecular formula is C14H21NO3. The van der Waals surface area contributed by atoms with E-state index in [4.69, 9.17) is 15.2 Å². The summed E-state index contributed by atoms with van der Waals surface area (Å²) in [6, 6.07) is 5.72. The Kier molecular flexibility index (Phi) is 3.78. The van der Waals surface area contributed by atoms with Gasteiger partial charge in [0, 0.05) is 11.6 Å². The van der Waals surface area contributed by atoms with Crippen LogP contribution >= 0.6 is 0 Å². The van der Waals surface area contributed by atoms with E-state index in [0.717, 1.165) is 24.2 Å². The molecule has 0 saturated heterocycles. The molecule has 1 aromatic carbocycles. The first-order chi connectivity index (χ1) is 8.59. The molecule has 4 nitrogen and oxygen atoms in total. The maximum absolute atomic E-state index is 10.8. The molecule has 3 N–H and O–H groups in total. The van der Waals surface area contributed by atoms with Crippen LogP contribution in [0.5, 0.6) is 11.5 Å². The van der Waals surface area contributed by atoms with E-state index >= 15 is 0 Å². The highest BCUT2D eigenvalue weighted by molar-refractivity contribution is 5.44. The lowest BCUT2D eigenvalue weighted by molar-refractivity contribution is -0.00700. The summed E-state index contributed by atoms with van der Waals surface area (Å²) in [6.07, 6.45) is 2.99. The molecule has 0 amide bonds. The highest BCUT2D eigenvalue weighted by atomic mass is 16.5. The summed E-state index contributed by atoms with van der Waals surface area (Å²) in [4.78, 5) is 0. The summed E-state index contributed by atoms with van der Waals surface area (Å²) in [5.41, 5.74) is 5.84. The van der Waals surface area contributed by atoms with Crippen molar-refractivity contribution < 1.29 is 14.6 Å². The van der Waals surface area contributed by atoms with Crippen LogP contribution in [0.25, 0.3) is 0 Å². The van der Waals surface area contributed by atoms with E-state index in [0.29, 0.717) is 18.6 Å². The van der Waals surface area contributed by atoms with E-state index in [2.05, 4.69) is 0 Å². The molecule has 0 unspecified atom stereocenters. The third-order valence-electron chi connectivity index (χ3n) is 3.77. The second-order valence-corrected chi connectivity index (χ2v) is 4.94. The fourth-order valence-corrected chi connectivity index (χ4v) is 2.56. The van der Waals surface area contributed by atoms with Crippen LogP contribution in [0.3, 0.4) is 0 Å². The van der Waals surface area contributed by atoms with Crippen molar-refractivity contribution in [1.82, 2.24) is 0 Å². The van der Waals surface area contributed by atoms with Crippen molar-refractivity contribution in [3.05, 3.63) is 23.8 Å². The van der Waals surface area contributed by atoms with Crippen molar-refractivity contribution in [3.63, 3.8) is 0 Å². The average Bonchev–Trinajstić information content (AvgIpc) is 2.41. The van der Waals surface area contributed by atoms with Gasteiger partial charge in [-0.15, -0.1) is 0 Å². The van der Waals surface area contributed by atoms with Gasteiger partial charge in [0.15, 0.2) is 0 Å². The molecule has 100 valence electrons. The molecule has 0 aliphatic heterocycles. The van der Waals surface area contributed by atoms with E-state index in [1.807, 2.05) is 18.2 Å². The lowest BCUT2D eigenvalue weighted by Crippen LogP contribution is -2.37. The van der Waals surface area contributed by atoms with E-state index < -0.39 is 5.60 Å². The van der Waals surface area contributed by atoms with Crippen LogP contribution in [-0.4, -0.2) is 25.4 Å². The molecular weight excluding hydrogens is 230 g/mol. The summed E-state index contributed by atoms with van der Waals surface area (Å²) < 4.78 is 10.6. The molecule has 4 heteroatoms. The van der Waals surface area contributed by atoms with Gasteiger partial charge in [0.1, 0.15) is 11.5 Å². The number of hydrogen-bond acceptors (Lipinski definition) is 4. The monoisotopic (exact) mass is 251 g/mol. The lowest BCUT2D eigenvalue weighted by atomic mass is 9.77. The minimum Gasteiger partial charge on any atom is -0.497 e. The summed E-state index contributed by atoms with van der Waals surface area (Å²) in [7, 11) is 3.23. The Balaban J connectivity index is 2.35. The quantitative estimate of drug-likeness (QED) is 0.859. The van der Waals surface area contributed by atoms with Gasteiger partial charge in [0.2, 0.25) is 0 Å². The molecule has 1 aliphatic carbocycles. The zero-order chi connectivity index (χ0) is 13.2. The molecule has 1 aromatic rings. The summed E-state index contributed by atoms with van der Waals surface area (Å²) in [6.45, 7) is 0. The van der Waals surface area contributed by atoms with Crippen LogP contribution in [0, 0.1) is 0 Å². The first kappa shape index (κ1) is 13.2. The molecule has 1 fully saturated rings. The average molecular weight is 251 g/mol.